The zero-order chi connectivity index (χ0) is 17.9. The summed E-state index contributed by atoms with van der Waals surface area (Å²) in [5, 5.41) is 9.41. The van der Waals surface area contributed by atoms with Gasteiger partial charge in [0.2, 0.25) is 0 Å². The fourth-order valence-electron chi connectivity index (χ4n) is 3.09. The van der Waals surface area contributed by atoms with Crippen LogP contribution in [0.25, 0.3) is 0 Å². The molecule has 1 saturated carbocycles. The number of hydrogen-bond acceptors (Lipinski definition) is 3. The van der Waals surface area contributed by atoms with Crippen LogP contribution >= 0.6 is 0 Å². The molecular formula is C21H32O3. The number of benzene rings is 1. The van der Waals surface area contributed by atoms with Crippen LogP contribution in [0.3, 0.4) is 0 Å². The molecule has 0 atom stereocenters. The summed E-state index contributed by atoms with van der Waals surface area (Å²) < 4.78 is 5.16. The van der Waals surface area contributed by atoms with E-state index in [4.69, 9.17) is 4.74 Å². The van der Waals surface area contributed by atoms with Crippen LogP contribution in [0.4, 0.5) is 0 Å². The zero-order valence-electron chi connectivity index (χ0n) is 15.4. The smallest absolute Gasteiger partial charge is 0.145 e. The second kappa shape index (κ2) is 11.2. The van der Waals surface area contributed by atoms with E-state index in [0.29, 0.717) is 11.5 Å². The molecule has 1 N–H and O–H groups in total. The molecule has 0 saturated heterocycles. The van der Waals surface area contributed by atoms with Gasteiger partial charge in [-0.3, -0.25) is 4.79 Å². The Morgan fingerprint density at radius 1 is 1.29 bits per heavy atom. The van der Waals surface area contributed by atoms with Gasteiger partial charge in [0.05, 0.1) is 13.2 Å². The summed E-state index contributed by atoms with van der Waals surface area (Å²) in [5.74, 6) is 1.60. The van der Waals surface area contributed by atoms with Crippen molar-refractivity contribution >= 4 is 6.29 Å². The van der Waals surface area contributed by atoms with E-state index in [0.717, 1.165) is 30.8 Å². The molecule has 0 spiro atoms. The average molecular weight is 332 g/mol. The number of ether oxygens (including phenoxy) is 1. The monoisotopic (exact) mass is 332 g/mol. The summed E-state index contributed by atoms with van der Waals surface area (Å²) in [6.07, 6.45) is 6.93. The van der Waals surface area contributed by atoms with Crippen molar-refractivity contribution in [3.8, 4) is 0 Å². The lowest BCUT2D eigenvalue weighted by atomic mass is 9.79. The first kappa shape index (κ1) is 20.6. The van der Waals surface area contributed by atoms with Gasteiger partial charge >= 0.3 is 0 Å². The minimum absolute atomic E-state index is 0.126. The summed E-state index contributed by atoms with van der Waals surface area (Å²) in [4.78, 5) is 9.41. The maximum absolute atomic E-state index is 9.41. The molecule has 1 aromatic carbocycles. The van der Waals surface area contributed by atoms with Crippen LogP contribution in [0.1, 0.15) is 62.1 Å². The zero-order valence-corrected chi connectivity index (χ0v) is 15.4. The van der Waals surface area contributed by atoms with Crippen LogP contribution in [0.5, 0.6) is 0 Å². The molecule has 0 amide bonds. The number of carbonyl (C=O) groups excluding carboxylic acids is 1. The normalized spacial score (nSPS) is 20.0. The van der Waals surface area contributed by atoms with E-state index >= 15 is 0 Å². The number of aldehydes is 1. The van der Waals surface area contributed by atoms with Crippen LogP contribution in [-0.4, -0.2) is 25.1 Å². The molecule has 2 rings (SSSR count). The molecule has 0 heterocycles. The van der Waals surface area contributed by atoms with Crippen molar-refractivity contribution in [2.75, 3.05) is 13.7 Å². The van der Waals surface area contributed by atoms with Crippen molar-refractivity contribution < 1.29 is 14.6 Å². The molecular weight excluding hydrogens is 300 g/mol. The Labute approximate surface area is 146 Å². The largest absolute Gasteiger partial charge is 0.392 e. The minimum Gasteiger partial charge on any atom is -0.392 e. The van der Waals surface area contributed by atoms with Crippen LogP contribution < -0.4 is 0 Å². The van der Waals surface area contributed by atoms with Gasteiger partial charge in [-0.1, -0.05) is 44.5 Å². The summed E-state index contributed by atoms with van der Waals surface area (Å²) in [6, 6.07) is 6.60. The predicted octanol–water partition coefficient (Wildman–Crippen LogP) is 4.42. The van der Waals surface area contributed by atoms with E-state index in [1.165, 1.54) is 36.8 Å². The van der Waals surface area contributed by atoms with Gasteiger partial charge in [-0.05, 0) is 60.3 Å². The van der Waals surface area contributed by atoms with Crippen molar-refractivity contribution in [1.29, 1.82) is 0 Å². The standard InChI is InChI=1S/C17H26O2.C4H6O/c1-13-3-5-14(6-4-13)15-7-8-17(12-18)16(11-15)9-10-19-2;1-4(2)3-5/h7-8,11,13-14,18H,3-6,9-10,12H2,1-2H3;3H,1H2,2H3. The van der Waals surface area contributed by atoms with E-state index in [2.05, 4.69) is 31.7 Å². The highest BCUT2D eigenvalue weighted by Gasteiger charge is 2.20. The highest BCUT2D eigenvalue weighted by molar-refractivity contribution is 5.70. The predicted molar refractivity (Wildman–Crippen MR) is 99.2 cm³/mol. The van der Waals surface area contributed by atoms with Gasteiger partial charge in [-0.2, -0.15) is 0 Å². The number of aliphatic hydroxyl groups excluding tert-OH is 1. The molecule has 3 nitrogen and oxygen atoms in total. The first-order valence-electron chi connectivity index (χ1n) is 8.84. The van der Waals surface area contributed by atoms with Crippen molar-refractivity contribution in [2.45, 2.75) is 58.5 Å². The number of rotatable bonds is 6. The molecule has 3 heteroatoms. The molecule has 0 unspecified atom stereocenters. The summed E-state index contributed by atoms with van der Waals surface area (Å²) in [7, 11) is 1.73. The minimum atomic E-state index is 0.126. The van der Waals surface area contributed by atoms with Gasteiger partial charge in [0.1, 0.15) is 6.29 Å². The van der Waals surface area contributed by atoms with Crippen molar-refractivity contribution in [3.05, 3.63) is 47.0 Å². The Morgan fingerprint density at radius 2 is 1.92 bits per heavy atom. The summed E-state index contributed by atoms with van der Waals surface area (Å²) >= 11 is 0. The number of allylic oxidation sites excluding steroid dienone is 1. The average Bonchev–Trinajstić information content (AvgIpc) is 2.60. The second-order valence-corrected chi connectivity index (χ2v) is 6.85. The number of aliphatic hydroxyl groups is 1. The third-order valence-electron chi connectivity index (χ3n) is 4.66. The lowest BCUT2D eigenvalue weighted by Gasteiger charge is -2.27. The third kappa shape index (κ3) is 6.98. The molecule has 1 fully saturated rings. The van der Waals surface area contributed by atoms with Crippen LogP contribution in [0.2, 0.25) is 0 Å². The Bertz CT molecular complexity index is 514. The van der Waals surface area contributed by atoms with Crippen LogP contribution in [0.15, 0.2) is 30.4 Å². The lowest BCUT2D eigenvalue weighted by molar-refractivity contribution is -0.104. The quantitative estimate of drug-likeness (QED) is 0.619. The topological polar surface area (TPSA) is 46.5 Å². The second-order valence-electron chi connectivity index (χ2n) is 6.85. The molecule has 0 aliphatic heterocycles. The Morgan fingerprint density at radius 3 is 2.42 bits per heavy atom. The van der Waals surface area contributed by atoms with E-state index in [1.54, 1.807) is 14.0 Å². The first-order valence-corrected chi connectivity index (χ1v) is 8.84. The van der Waals surface area contributed by atoms with Gasteiger partial charge in [-0.15, -0.1) is 0 Å². The molecule has 134 valence electrons. The van der Waals surface area contributed by atoms with Gasteiger partial charge in [0.25, 0.3) is 0 Å². The molecule has 0 bridgehead atoms. The lowest BCUT2D eigenvalue weighted by Crippen LogP contribution is -2.11. The number of hydrogen-bond donors (Lipinski definition) is 1. The van der Waals surface area contributed by atoms with Crippen molar-refractivity contribution in [3.63, 3.8) is 0 Å². The van der Waals surface area contributed by atoms with Gasteiger partial charge in [0.15, 0.2) is 0 Å². The molecule has 1 aromatic rings. The summed E-state index contributed by atoms with van der Waals surface area (Å²) in [6.45, 7) is 8.17. The SMILES string of the molecule is C=C(C)C=O.COCCc1cc(C2CCC(C)CC2)ccc1CO. The fourth-order valence-corrected chi connectivity index (χ4v) is 3.09. The van der Waals surface area contributed by atoms with Gasteiger partial charge in [0, 0.05) is 7.11 Å². The fraction of sp³-hybridized carbons (Fsp3) is 0.571. The van der Waals surface area contributed by atoms with Gasteiger partial charge < -0.3 is 9.84 Å². The molecule has 0 aromatic heterocycles. The van der Waals surface area contributed by atoms with Crippen molar-refractivity contribution in [2.24, 2.45) is 5.92 Å². The number of methoxy groups -OCH3 is 1. The highest BCUT2D eigenvalue weighted by atomic mass is 16.5. The maximum Gasteiger partial charge on any atom is 0.145 e. The Balaban J connectivity index is 0.000000505. The summed E-state index contributed by atoms with van der Waals surface area (Å²) in [5.41, 5.74) is 4.32. The van der Waals surface area contributed by atoms with Crippen molar-refractivity contribution in [1.82, 2.24) is 0 Å². The Kier molecular flexibility index (Phi) is 9.58. The number of carbonyl (C=O) groups is 1. The molecule has 1 aliphatic carbocycles. The first-order chi connectivity index (χ1) is 11.5. The van der Waals surface area contributed by atoms with Gasteiger partial charge in [-0.25, -0.2) is 0 Å². The van der Waals surface area contributed by atoms with Crippen LogP contribution in [0, 0.1) is 5.92 Å². The molecule has 1 aliphatic rings. The highest BCUT2D eigenvalue weighted by Crippen LogP contribution is 2.36. The van der Waals surface area contributed by atoms with E-state index in [1.807, 2.05) is 0 Å². The molecule has 0 radical (unpaired) electrons. The third-order valence-corrected chi connectivity index (χ3v) is 4.66. The van der Waals surface area contributed by atoms with E-state index in [-0.39, 0.29) is 6.61 Å². The molecule has 24 heavy (non-hydrogen) atoms. The van der Waals surface area contributed by atoms with E-state index < -0.39 is 0 Å². The maximum atomic E-state index is 9.41. The Hall–Kier alpha value is -1.45. The van der Waals surface area contributed by atoms with E-state index in [9.17, 15) is 9.90 Å². The van der Waals surface area contributed by atoms with Crippen LogP contribution in [-0.2, 0) is 22.6 Å².